The number of aromatic nitrogens is 1. The fraction of sp³-hybridized carbons (Fsp3) is 0.333. The summed E-state index contributed by atoms with van der Waals surface area (Å²) in [6.07, 6.45) is -3.13. The molecule has 1 fully saturated rings. The summed E-state index contributed by atoms with van der Waals surface area (Å²) in [5.74, 6) is -2.42. The highest BCUT2D eigenvalue weighted by Gasteiger charge is 2.42. The van der Waals surface area contributed by atoms with Crippen molar-refractivity contribution in [3.8, 4) is 5.88 Å². The maximum absolute atomic E-state index is 12.8. The predicted molar refractivity (Wildman–Crippen MR) is 93.6 cm³/mol. The summed E-state index contributed by atoms with van der Waals surface area (Å²) >= 11 is 0. The largest absolute Gasteiger partial charge is 0.481 e. The van der Waals surface area contributed by atoms with Crippen molar-refractivity contribution in [2.45, 2.75) is 19.1 Å². The first-order valence-corrected chi connectivity index (χ1v) is 8.18. The Hall–Kier alpha value is -3.20. The molecule has 9 heteroatoms. The molecule has 0 aliphatic carbocycles. The van der Waals surface area contributed by atoms with Crippen molar-refractivity contribution in [3.05, 3.63) is 30.3 Å². The zero-order chi connectivity index (χ0) is 19.6. The number of carbonyl (C=O) groups is 3. The van der Waals surface area contributed by atoms with Gasteiger partial charge >= 0.3 is 11.9 Å². The van der Waals surface area contributed by atoms with Crippen LogP contribution >= 0.6 is 0 Å². The third kappa shape index (κ3) is 3.82. The van der Waals surface area contributed by atoms with E-state index in [1.807, 2.05) is 6.07 Å². The lowest BCUT2D eigenvalue weighted by atomic mass is 10.1. The number of fused-ring (bicyclic) bond motifs is 1. The first-order chi connectivity index (χ1) is 12.9. The first-order valence-electron chi connectivity index (χ1n) is 8.18. The van der Waals surface area contributed by atoms with Crippen LogP contribution in [-0.2, 0) is 23.9 Å². The number of hydrogen-bond acceptors (Lipinski definition) is 7. The van der Waals surface area contributed by atoms with Crippen molar-refractivity contribution in [2.75, 3.05) is 25.2 Å². The second-order valence-corrected chi connectivity index (χ2v) is 5.88. The van der Waals surface area contributed by atoms with Crippen molar-refractivity contribution in [3.63, 3.8) is 0 Å². The second-order valence-electron chi connectivity index (χ2n) is 5.88. The lowest BCUT2D eigenvalue weighted by Crippen LogP contribution is -2.55. The van der Waals surface area contributed by atoms with E-state index in [0.717, 1.165) is 12.3 Å². The Labute approximate surface area is 154 Å². The SMILES string of the molecule is COc1ccc2ccc(N3CCO[C@H]([C@@H](OC(C)=O)C(=O)O)C3=O)cc2n1. The van der Waals surface area contributed by atoms with E-state index in [1.54, 1.807) is 24.3 Å². The van der Waals surface area contributed by atoms with Gasteiger partial charge in [0.2, 0.25) is 12.0 Å². The average molecular weight is 374 g/mol. The molecule has 0 saturated carbocycles. The van der Waals surface area contributed by atoms with E-state index in [-0.39, 0.29) is 13.2 Å². The zero-order valence-electron chi connectivity index (χ0n) is 14.7. The van der Waals surface area contributed by atoms with Crippen LogP contribution < -0.4 is 9.64 Å². The van der Waals surface area contributed by atoms with Crippen LogP contribution in [0.2, 0.25) is 0 Å². The molecule has 3 rings (SSSR count). The number of aliphatic carboxylic acids is 1. The molecule has 1 aliphatic rings. The standard InChI is InChI=1S/C18H18N2O7/c1-10(21)27-16(18(23)24)15-17(22)20(7-8-26-15)12-5-3-11-4-6-14(25-2)19-13(11)9-12/h3-6,9,15-16H,7-8H2,1-2H3,(H,23,24)/t15-,16-/m1/s1. The molecule has 1 N–H and O–H groups in total. The van der Waals surface area contributed by atoms with Crippen molar-refractivity contribution in [1.29, 1.82) is 0 Å². The van der Waals surface area contributed by atoms with Crippen molar-refractivity contribution >= 4 is 34.4 Å². The van der Waals surface area contributed by atoms with Gasteiger partial charge in [0, 0.05) is 30.6 Å². The fourth-order valence-corrected chi connectivity index (χ4v) is 2.87. The highest BCUT2D eigenvalue weighted by Crippen LogP contribution is 2.26. The third-order valence-electron chi connectivity index (χ3n) is 4.10. The molecule has 9 nitrogen and oxygen atoms in total. The second kappa shape index (κ2) is 7.58. The van der Waals surface area contributed by atoms with Gasteiger partial charge in [0.15, 0.2) is 6.10 Å². The summed E-state index contributed by atoms with van der Waals surface area (Å²) in [6, 6.07) is 8.82. The van der Waals surface area contributed by atoms with Gasteiger partial charge in [-0.2, -0.15) is 0 Å². The number of carboxylic acids is 1. The molecule has 0 unspecified atom stereocenters. The quantitative estimate of drug-likeness (QED) is 0.771. The highest BCUT2D eigenvalue weighted by atomic mass is 16.6. The minimum Gasteiger partial charge on any atom is -0.481 e. The number of carbonyl (C=O) groups excluding carboxylic acids is 2. The van der Waals surface area contributed by atoms with Gasteiger partial charge in [-0.05, 0) is 18.2 Å². The van der Waals surface area contributed by atoms with Crippen LogP contribution in [-0.4, -0.2) is 60.4 Å². The number of benzene rings is 1. The number of morpholine rings is 1. The predicted octanol–water partition coefficient (Wildman–Crippen LogP) is 0.991. The highest BCUT2D eigenvalue weighted by molar-refractivity contribution is 6.01. The van der Waals surface area contributed by atoms with Gasteiger partial charge in [0.25, 0.3) is 5.91 Å². The summed E-state index contributed by atoms with van der Waals surface area (Å²) < 4.78 is 15.2. The van der Waals surface area contributed by atoms with Crippen molar-refractivity contribution in [2.24, 2.45) is 0 Å². The number of ether oxygens (including phenoxy) is 3. The Morgan fingerprint density at radius 1 is 1.33 bits per heavy atom. The topological polar surface area (TPSA) is 115 Å². The van der Waals surface area contributed by atoms with E-state index in [2.05, 4.69) is 4.98 Å². The number of pyridine rings is 1. The van der Waals surface area contributed by atoms with Crippen LogP contribution in [0.4, 0.5) is 5.69 Å². The van der Waals surface area contributed by atoms with Gasteiger partial charge in [-0.3, -0.25) is 9.59 Å². The summed E-state index contributed by atoms with van der Waals surface area (Å²) in [4.78, 5) is 41.1. The normalized spacial score (nSPS) is 18.2. The number of nitrogens with zero attached hydrogens (tertiary/aromatic N) is 2. The number of esters is 1. The number of hydrogen-bond donors (Lipinski definition) is 1. The Balaban J connectivity index is 1.92. The maximum Gasteiger partial charge on any atom is 0.348 e. The van der Waals surface area contributed by atoms with Crippen LogP contribution in [0.5, 0.6) is 5.88 Å². The summed E-state index contributed by atoms with van der Waals surface area (Å²) in [5, 5.41) is 10.2. The van der Waals surface area contributed by atoms with Gasteiger partial charge in [0.05, 0.1) is 19.2 Å². The summed E-state index contributed by atoms with van der Waals surface area (Å²) in [6.45, 7) is 1.41. The van der Waals surface area contributed by atoms with Crippen LogP contribution in [0.1, 0.15) is 6.92 Å². The molecule has 1 amide bonds. The van der Waals surface area contributed by atoms with E-state index in [9.17, 15) is 19.5 Å². The van der Waals surface area contributed by atoms with Crippen molar-refractivity contribution in [1.82, 2.24) is 4.98 Å². The molecule has 1 aromatic carbocycles. The molecule has 2 aromatic rings. The van der Waals surface area contributed by atoms with Crippen molar-refractivity contribution < 1.29 is 33.7 Å². The maximum atomic E-state index is 12.8. The Morgan fingerprint density at radius 2 is 2.07 bits per heavy atom. The van der Waals surface area contributed by atoms with E-state index < -0.39 is 30.1 Å². The minimum atomic E-state index is -1.71. The smallest absolute Gasteiger partial charge is 0.348 e. The molecule has 27 heavy (non-hydrogen) atoms. The number of carboxylic acid groups (broad SMARTS) is 1. The Morgan fingerprint density at radius 3 is 2.74 bits per heavy atom. The van der Waals surface area contributed by atoms with Crippen LogP contribution in [0.25, 0.3) is 10.9 Å². The van der Waals surface area contributed by atoms with Gasteiger partial charge in [-0.25, -0.2) is 9.78 Å². The molecule has 1 aromatic heterocycles. The molecular formula is C18H18N2O7. The number of anilines is 1. The first kappa shape index (κ1) is 18.6. The monoisotopic (exact) mass is 374 g/mol. The molecule has 1 aliphatic heterocycles. The Bertz CT molecular complexity index is 898. The minimum absolute atomic E-state index is 0.102. The van der Waals surface area contributed by atoms with Gasteiger partial charge in [-0.1, -0.05) is 6.07 Å². The van der Waals surface area contributed by atoms with E-state index in [4.69, 9.17) is 14.2 Å². The molecular weight excluding hydrogens is 356 g/mol. The van der Waals surface area contributed by atoms with Gasteiger partial charge in [0.1, 0.15) is 0 Å². The molecule has 0 spiro atoms. The average Bonchev–Trinajstić information content (AvgIpc) is 2.65. The van der Waals surface area contributed by atoms with E-state index in [0.29, 0.717) is 17.1 Å². The summed E-state index contributed by atoms with van der Waals surface area (Å²) in [7, 11) is 1.51. The molecule has 1 saturated heterocycles. The van der Waals surface area contributed by atoms with Gasteiger partial charge < -0.3 is 24.2 Å². The van der Waals surface area contributed by atoms with Crippen LogP contribution in [0, 0.1) is 0 Å². The van der Waals surface area contributed by atoms with E-state index >= 15 is 0 Å². The van der Waals surface area contributed by atoms with Gasteiger partial charge in [-0.15, -0.1) is 0 Å². The zero-order valence-corrected chi connectivity index (χ0v) is 14.7. The lowest BCUT2D eigenvalue weighted by Gasteiger charge is -2.34. The molecule has 2 heterocycles. The van der Waals surface area contributed by atoms with Crippen LogP contribution in [0.3, 0.4) is 0 Å². The lowest BCUT2D eigenvalue weighted by molar-refractivity contribution is -0.177. The van der Waals surface area contributed by atoms with Crippen LogP contribution in [0.15, 0.2) is 30.3 Å². The summed E-state index contributed by atoms with van der Waals surface area (Å²) in [5.41, 5.74) is 1.16. The fourth-order valence-electron chi connectivity index (χ4n) is 2.87. The molecule has 142 valence electrons. The number of rotatable bonds is 5. The third-order valence-corrected chi connectivity index (χ3v) is 4.10. The molecule has 2 atom stereocenters. The molecule has 0 radical (unpaired) electrons. The molecule has 0 bridgehead atoms. The Kier molecular flexibility index (Phi) is 5.22. The van der Waals surface area contributed by atoms with E-state index in [1.165, 1.54) is 12.0 Å². The number of amides is 1. The number of methoxy groups -OCH3 is 1.